The predicted octanol–water partition coefficient (Wildman–Crippen LogP) is 33.5. The Hall–Kier alpha value is -9.45. The highest BCUT2D eigenvalue weighted by Gasteiger charge is 2.39. The van der Waals surface area contributed by atoms with Gasteiger partial charge in [-0.2, -0.15) is 0 Å². The number of fused-ring (bicyclic) bond motifs is 3. The van der Waals surface area contributed by atoms with Crippen molar-refractivity contribution in [2.24, 2.45) is 70.5 Å². The van der Waals surface area contributed by atoms with E-state index in [1.165, 1.54) is 62.9 Å². The second-order valence-corrected chi connectivity index (χ2v) is 45.1. The molecular formula is C118H184O10Si. The largest absolute Gasteiger partial charge is 0.497 e. The molecule has 10 nitrogen and oxygen atoms in total. The highest BCUT2D eigenvalue weighted by Crippen LogP contribution is 2.46. The number of carbonyl (C=O) groups is 5. The van der Waals surface area contributed by atoms with Gasteiger partial charge in [-0.15, -0.1) is 6.58 Å². The van der Waals surface area contributed by atoms with Crippen LogP contribution in [-0.2, 0) is 67.8 Å². The fourth-order valence-electron chi connectivity index (χ4n) is 10.6. The van der Waals surface area contributed by atoms with Gasteiger partial charge in [0.2, 0.25) is 0 Å². The summed E-state index contributed by atoms with van der Waals surface area (Å²) in [5.41, 5.74) is 13.3. The smallest absolute Gasteiger partial charge is 0.313 e. The zero-order chi connectivity index (χ0) is 100. The summed E-state index contributed by atoms with van der Waals surface area (Å²) < 4.78 is 25.1. The first-order chi connectivity index (χ1) is 60.3. The fraction of sp³-hybridized carbons (Fsp3) is 0.500. The lowest BCUT2D eigenvalue weighted by Crippen LogP contribution is -2.35. The SMILES string of the molecule is C=C(CC)OC(=O)C(C)C.C=CCC(C)C.C=CCOC(=O)C(C)C.CC.CC(=O)C(C)C.CC(C)(C)C.CC(C)C.CC(C)C(=O)OCC1c2ccccc2-c2ccccc21.CC(C)C(=O)OCc1ccccc1.CC(C)C(c1ccccc1)(c1ccccc1)c1ccccc1.CC(C)Cc1ccccc1.CCC(C)C.COc1ccc(CC(C)C)cc1.C[Si](C)(C)C. The van der Waals surface area contributed by atoms with Crippen molar-refractivity contribution < 1.29 is 47.7 Å². The quantitative estimate of drug-likeness (QED) is 0.0136. The van der Waals surface area contributed by atoms with Crippen molar-refractivity contribution in [1.82, 2.24) is 0 Å². The molecule has 0 heterocycles. The van der Waals surface area contributed by atoms with Crippen LogP contribution in [0.2, 0.25) is 26.2 Å². The summed E-state index contributed by atoms with van der Waals surface area (Å²) in [6, 6.07) is 77.9. The lowest BCUT2D eigenvalue weighted by Gasteiger charge is -2.39. The molecule has 129 heavy (non-hydrogen) atoms. The Morgan fingerprint density at radius 2 is 0.698 bits per heavy atom. The van der Waals surface area contributed by atoms with Gasteiger partial charge in [-0.05, 0) is 135 Å². The first-order valence-corrected chi connectivity index (χ1v) is 51.5. The molecule has 0 amide bonds. The summed E-state index contributed by atoms with van der Waals surface area (Å²) in [4.78, 5) is 54.4. The molecule has 0 radical (unpaired) electrons. The van der Waals surface area contributed by atoms with Gasteiger partial charge in [0.1, 0.15) is 37.1 Å². The van der Waals surface area contributed by atoms with Crippen LogP contribution < -0.4 is 4.74 Å². The molecule has 0 saturated carbocycles. The van der Waals surface area contributed by atoms with E-state index in [1.807, 2.05) is 123 Å². The first kappa shape index (κ1) is 128. The number of rotatable bonds is 25. The topological polar surface area (TPSA) is 132 Å². The van der Waals surface area contributed by atoms with E-state index in [0.717, 1.165) is 53.7 Å². The van der Waals surface area contributed by atoms with E-state index in [9.17, 15) is 24.0 Å². The molecule has 11 heteroatoms. The molecule has 1 aliphatic rings. The van der Waals surface area contributed by atoms with E-state index in [1.54, 1.807) is 47.8 Å². The van der Waals surface area contributed by atoms with Gasteiger partial charge in [-0.1, -0.05) is 485 Å². The van der Waals surface area contributed by atoms with E-state index < -0.39 is 8.07 Å². The molecule has 0 unspecified atom stereocenters. The molecule has 0 N–H and O–H groups in total. The second-order valence-electron chi connectivity index (χ2n) is 39.1. The predicted molar refractivity (Wildman–Crippen MR) is 564 cm³/mol. The Kier molecular flexibility index (Phi) is 74.7. The Bertz CT molecular complexity index is 3930. The molecule has 8 aromatic rings. The third-order valence-corrected chi connectivity index (χ3v) is 17.6. The average Bonchev–Trinajstić information content (AvgIpc) is 1.66. The fourth-order valence-corrected chi connectivity index (χ4v) is 10.6. The minimum absolute atomic E-state index is 0.0371. The van der Waals surface area contributed by atoms with Crippen LogP contribution in [-0.4, -0.2) is 58.1 Å². The molecule has 9 rings (SSSR count). The molecular weight excluding hydrogens is 1610 g/mol. The Balaban J connectivity index is -0.000000445. The van der Waals surface area contributed by atoms with Gasteiger partial charge >= 0.3 is 23.9 Å². The number of hydrogen-bond acceptors (Lipinski definition) is 10. The molecule has 0 fully saturated rings. The summed E-state index contributed by atoms with van der Waals surface area (Å²) in [5.74, 6) is 5.64. The maximum absolute atomic E-state index is 11.7. The lowest BCUT2D eigenvalue weighted by molar-refractivity contribution is -0.149. The highest BCUT2D eigenvalue weighted by molar-refractivity contribution is 6.74. The maximum Gasteiger partial charge on any atom is 0.313 e. The average molecular weight is 1790 g/mol. The van der Waals surface area contributed by atoms with Crippen molar-refractivity contribution in [3.05, 3.63) is 307 Å². The highest BCUT2D eigenvalue weighted by atomic mass is 28.3. The first-order valence-electron chi connectivity index (χ1n) is 47.5. The lowest BCUT2D eigenvalue weighted by atomic mass is 9.63. The van der Waals surface area contributed by atoms with E-state index in [2.05, 4.69) is 340 Å². The number of ether oxygens (including phenoxy) is 5. The van der Waals surface area contributed by atoms with Crippen LogP contribution >= 0.6 is 0 Å². The zero-order valence-electron chi connectivity index (χ0n) is 88.3. The number of carbonyl (C=O) groups excluding carboxylic acids is 5. The third kappa shape index (κ3) is 68.3. The maximum atomic E-state index is 11.7. The summed E-state index contributed by atoms with van der Waals surface area (Å²) in [7, 11) is 1.08. The van der Waals surface area contributed by atoms with Gasteiger partial charge in [0, 0.05) is 31.7 Å². The summed E-state index contributed by atoms with van der Waals surface area (Å²) in [6.07, 6.45) is 8.98. The molecule has 1 aliphatic carbocycles. The van der Waals surface area contributed by atoms with E-state index in [0.29, 0.717) is 43.3 Å². The molecule has 0 aromatic heterocycles. The van der Waals surface area contributed by atoms with Crippen molar-refractivity contribution in [1.29, 1.82) is 0 Å². The van der Waals surface area contributed by atoms with Gasteiger partial charge in [-0.3, -0.25) is 24.0 Å². The van der Waals surface area contributed by atoms with Gasteiger partial charge in [0.15, 0.2) is 0 Å². The summed E-state index contributed by atoms with van der Waals surface area (Å²) in [5, 5.41) is 0. The Morgan fingerprint density at radius 3 is 0.961 bits per heavy atom. The van der Waals surface area contributed by atoms with Crippen LogP contribution in [0.4, 0.5) is 0 Å². The van der Waals surface area contributed by atoms with E-state index >= 15 is 0 Å². The van der Waals surface area contributed by atoms with Crippen molar-refractivity contribution in [2.45, 2.75) is 298 Å². The minimum Gasteiger partial charge on any atom is -0.497 e. The van der Waals surface area contributed by atoms with Crippen molar-refractivity contribution in [2.75, 3.05) is 20.3 Å². The Morgan fingerprint density at radius 1 is 0.403 bits per heavy atom. The van der Waals surface area contributed by atoms with Crippen LogP contribution in [0.15, 0.2) is 262 Å². The van der Waals surface area contributed by atoms with Crippen molar-refractivity contribution in [3.63, 3.8) is 0 Å². The monoisotopic (exact) mass is 1790 g/mol. The van der Waals surface area contributed by atoms with Gasteiger partial charge in [-0.25, -0.2) is 0 Å². The summed E-state index contributed by atoms with van der Waals surface area (Å²) in [6.45, 7) is 86.7. The number of hydrogen-bond donors (Lipinski definition) is 0. The van der Waals surface area contributed by atoms with Crippen molar-refractivity contribution >= 4 is 37.7 Å². The van der Waals surface area contributed by atoms with Gasteiger partial charge in [0.25, 0.3) is 0 Å². The van der Waals surface area contributed by atoms with E-state index in [4.69, 9.17) is 23.7 Å². The van der Waals surface area contributed by atoms with Crippen molar-refractivity contribution in [3.8, 4) is 16.9 Å². The van der Waals surface area contributed by atoms with Crippen LogP contribution in [0.25, 0.3) is 11.1 Å². The molecule has 0 saturated heterocycles. The number of esters is 4. The number of benzene rings is 8. The van der Waals surface area contributed by atoms with Crippen LogP contribution in [0.3, 0.4) is 0 Å². The number of Topliss-reactive ketones (excluding diaryl/α,β-unsaturated/α-hetero) is 1. The standard InChI is InChI=1S/C22H22.C18H18O2.C11H14O2.C11H16O.C10H14.C8H14O2.C7H12O2.C6H12.C5H10O.2C5H12.C4H12Si.C4H10.C2H6/c1-18(2)22(19-12-6-3-7-13-19,20-14-8-4-9-15-20)21-16-10-5-11-17-21;1-12(2)18(19)20-11-17-15-9-5-3-7-13(15)14-8-4-6-10-16(14)17;1-9(2)11(12)13-8-10-6-4-3-5-7-10;1-9(2)8-10-4-6-11(12-3)7-5-10;1-9(2)8-10-6-4-3-5-7-10;1-5-7(4)10-8(9)6(2)3;1-4-5-9-7(8)6(2)3;1-4-5-6(2)3;1-4(2)5(3)6;1-5(2,3)4;1-4-5(2)3;1-5(2,3)4;1-4(2)3;1-2/h3-18H,1-2H3;3-10,12,17H,11H2,1-2H3;3-7,9H,8H2,1-2H3;4-7,9H,8H2,1-3H3;3-7,9H,8H2,1-2H3;6H,4-5H2,1-3H3;4,6H,1,5H2,2-3H3;4,6H,1,5H2,2-3H3;4H,1-3H3;1-4H3;5H,4H2,1-3H3;1-4H3;4H,1-3H3;1-2H3. The molecule has 0 spiro atoms. The Labute approximate surface area is 792 Å². The van der Waals surface area contributed by atoms with Crippen LogP contribution in [0, 0.1) is 70.5 Å². The van der Waals surface area contributed by atoms with Gasteiger partial charge in [0.05, 0.1) is 30.8 Å². The summed E-state index contributed by atoms with van der Waals surface area (Å²) >= 11 is 0. The molecule has 0 atom stereocenters. The number of methoxy groups -OCH3 is 1. The van der Waals surface area contributed by atoms with Crippen LogP contribution in [0.5, 0.6) is 5.75 Å². The minimum atomic E-state index is -0.611. The van der Waals surface area contributed by atoms with Gasteiger partial charge < -0.3 is 23.7 Å². The van der Waals surface area contributed by atoms with E-state index in [-0.39, 0.29) is 70.6 Å². The molecule has 720 valence electrons. The zero-order valence-corrected chi connectivity index (χ0v) is 89.3. The molecule has 0 aliphatic heterocycles. The molecule has 8 aromatic carbocycles. The number of allylic oxidation sites excluding steroid dienone is 2. The number of ketones is 1. The van der Waals surface area contributed by atoms with Crippen LogP contribution in [0.1, 0.15) is 291 Å². The second kappa shape index (κ2) is 75.2. The molecule has 0 bridgehead atoms. The third-order valence-electron chi connectivity index (χ3n) is 17.6. The normalized spacial score (nSPS) is 10.7.